The molecule has 0 fully saturated rings. The van der Waals surface area contributed by atoms with Gasteiger partial charge < -0.3 is 19.8 Å². The van der Waals surface area contributed by atoms with Gasteiger partial charge in [0.1, 0.15) is 22.9 Å². The van der Waals surface area contributed by atoms with Crippen LogP contribution < -0.4 is 15.4 Å². The minimum atomic E-state index is -0.234. The molecule has 0 spiro atoms. The number of para-hydroxylation sites is 1. The first-order chi connectivity index (χ1) is 11.8. The number of benzene rings is 1. The van der Waals surface area contributed by atoms with Crippen LogP contribution in [0.1, 0.15) is 50.8 Å². The van der Waals surface area contributed by atoms with E-state index in [4.69, 9.17) is 9.15 Å². The van der Waals surface area contributed by atoms with E-state index in [-0.39, 0.29) is 11.6 Å². The van der Waals surface area contributed by atoms with Crippen LogP contribution in [0.5, 0.6) is 5.75 Å². The van der Waals surface area contributed by atoms with Crippen molar-refractivity contribution in [2.45, 2.75) is 52.8 Å². The zero-order chi connectivity index (χ0) is 18.4. The SMILES string of the molecule is CN=C(NCc1ccccc1OC(C)(C)C)NC(C)c1ccc(C)o1. The van der Waals surface area contributed by atoms with E-state index in [2.05, 4.69) is 21.7 Å². The molecule has 0 aliphatic rings. The zero-order valence-electron chi connectivity index (χ0n) is 16.0. The van der Waals surface area contributed by atoms with Crippen LogP contribution in [0.25, 0.3) is 0 Å². The first-order valence-electron chi connectivity index (χ1n) is 8.59. The van der Waals surface area contributed by atoms with Gasteiger partial charge in [0, 0.05) is 19.2 Å². The monoisotopic (exact) mass is 343 g/mol. The van der Waals surface area contributed by atoms with Crippen LogP contribution in [0.3, 0.4) is 0 Å². The molecule has 25 heavy (non-hydrogen) atoms. The Morgan fingerprint density at radius 2 is 1.92 bits per heavy atom. The molecule has 2 rings (SSSR count). The summed E-state index contributed by atoms with van der Waals surface area (Å²) in [4.78, 5) is 4.29. The van der Waals surface area contributed by atoms with E-state index in [1.165, 1.54) is 0 Å². The second-order valence-electron chi connectivity index (χ2n) is 7.06. The lowest BCUT2D eigenvalue weighted by atomic mass is 10.1. The van der Waals surface area contributed by atoms with E-state index in [1.54, 1.807) is 7.05 Å². The third kappa shape index (κ3) is 5.85. The Kier molecular flexibility index (Phi) is 6.12. The van der Waals surface area contributed by atoms with Crippen LogP contribution in [-0.4, -0.2) is 18.6 Å². The largest absolute Gasteiger partial charge is 0.488 e. The van der Waals surface area contributed by atoms with E-state index >= 15 is 0 Å². The highest BCUT2D eigenvalue weighted by Crippen LogP contribution is 2.23. The van der Waals surface area contributed by atoms with Crippen molar-refractivity contribution in [2.75, 3.05) is 7.05 Å². The van der Waals surface area contributed by atoms with Crippen molar-refractivity contribution < 1.29 is 9.15 Å². The molecule has 0 saturated carbocycles. The van der Waals surface area contributed by atoms with Gasteiger partial charge in [0.15, 0.2) is 5.96 Å². The second-order valence-corrected chi connectivity index (χ2v) is 7.06. The van der Waals surface area contributed by atoms with Crippen LogP contribution in [-0.2, 0) is 6.54 Å². The molecular formula is C20H29N3O2. The van der Waals surface area contributed by atoms with Crippen LogP contribution >= 0.6 is 0 Å². The van der Waals surface area contributed by atoms with Gasteiger partial charge >= 0.3 is 0 Å². The Hall–Kier alpha value is -2.43. The van der Waals surface area contributed by atoms with Gasteiger partial charge in [-0.25, -0.2) is 0 Å². The molecule has 2 N–H and O–H groups in total. The summed E-state index contributed by atoms with van der Waals surface area (Å²) in [5, 5.41) is 6.68. The topological polar surface area (TPSA) is 58.8 Å². The van der Waals surface area contributed by atoms with Gasteiger partial charge in [-0.1, -0.05) is 18.2 Å². The molecule has 0 bridgehead atoms. The molecule has 1 atom stereocenters. The highest BCUT2D eigenvalue weighted by atomic mass is 16.5. The predicted octanol–water partition coefficient (Wildman–Crippen LogP) is 4.19. The minimum Gasteiger partial charge on any atom is -0.488 e. The van der Waals surface area contributed by atoms with E-state index in [0.717, 1.165) is 22.8 Å². The third-order valence-corrected chi connectivity index (χ3v) is 3.60. The summed E-state index contributed by atoms with van der Waals surface area (Å²) in [6.07, 6.45) is 0. The zero-order valence-corrected chi connectivity index (χ0v) is 16.0. The van der Waals surface area contributed by atoms with Crippen LogP contribution in [0, 0.1) is 6.92 Å². The Labute approximate surface area is 150 Å². The van der Waals surface area contributed by atoms with Crippen molar-refractivity contribution in [1.82, 2.24) is 10.6 Å². The molecule has 0 aliphatic heterocycles. The van der Waals surface area contributed by atoms with Crippen molar-refractivity contribution in [3.8, 4) is 5.75 Å². The second kappa shape index (κ2) is 8.10. The molecule has 0 radical (unpaired) electrons. The van der Waals surface area contributed by atoms with Gasteiger partial charge in [0.2, 0.25) is 0 Å². The molecule has 5 nitrogen and oxygen atoms in total. The normalized spacial score (nSPS) is 13.4. The lowest BCUT2D eigenvalue weighted by molar-refractivity contribution is 0.129. The summed E-state index contributed by atoms with van der Waals surface area (Å²) in [7, 11) is 1.76. The molecule has 0 saturated heterocycles. The predicted molar refractivity (Wildman–Crippen MR) is 102 cm³/mol. The first kappa shape index (κ1) is 18.9. The maximum Gasteiger partial charge on any atom is 0.191 e. The summed E-state index contributed by atoms with van der Waals surface area (Å²) < 4.78 is 11.7. The summed E-state index contributed by atoms with van der Waals surface area (Å²) in [5.41, 5.74) is 0.851. The summed E-state index contributed by atoms with van der Waals surface area (Å²) in [6, 6.07) is 12.0. The van der Waals surface area contributed by atoms with Crippen LogP contribution in [0.2, 0.25) is 0 Å². The lowest BCUT2D eigenvalue weighted by Gasteiger charge is -2.24. The molecule has 0 amide bonds. The highest BCUT2D eigenvalue weighted by Gasteiger charge is 2.15. The van der Waals surface area contributed by atoms with Crippen molar-refractivity contribution in [1.29, 1.82) is 0 Å². The van der Waals surface area contributed by atoms with Gasteiger partial charge in [-0.05, 0) is 52.8 Å². The average Bonchev–Trinajstić information content (AvgIpc) is 2.97. The molecule has 1 aromatic heterocycles. The Morgan fingerprint density at radius 3 is 2.52 bits per heavy atom. The fraction of sp³-hybridized carbons (Fsp3) is 0.450. The number of guanidine groups is 1. The summed E-state index contributed by atoms with van der Waals surface area (Å²) in [6.45, 7) is 10.7. The van der Waals surface area contributed by atoms with Gasteiger partial charge in [0.05, 0.1) is 6.04 Å². The number of nitrogens with zero attached hydrogens (tertiary/aromatic N) is 1. The van der Waals surface area contributed by atoms with E-state index in [0.29, 0.717) is 12.5 Å². The molecule has 1 heterocycles. The fourth-order valence-electron chi connectivity index (χ4n) is 2.42. The van der Waals surface area contributed by atoms with Gasteiger partial charge in [-0.2, -0.15) is 0 Å². The van der Waals surface area contributed by atoms with E-state index in [9.17, 15) is 0 Å². The third-order valence-electron chi connectivity index (χ3n) is 3.60. The number of aliphatic imine (C=N–C) groups is 1. The molecule has 1 aromatic carbocycles. The van der Waals surface area contributed by atoms with Crippen LogP contribution in [0.15, 0.2) is 45.8 Å². The molecule has 1 unspecified atom stereocenters. The number of aryl methyl sites for hydroxylation is 1. The van der Waals surface area contributed by atoms with Gasteiger partial charge in [0.25, 0.3) is 0 Å². The maximum atomic E-state index is 6.04. The smallest absolute Gasteiger partial charge is 0.191 e. The van der Waals surface area contributed by atoms with Gasteiger partial charge in [-0.15, -0.1) is 0 Å². The van der Waals surface area contributed by atoms with E-state index in [1.807, 2.05) is 65.0 Å². The lowest BCUT2D eigenvalue weighted by Crippen LogP contribution is -2.38. The van der Waals surface area contributed by atoms with Crippen molar-refractivity contribution in [2.24, 2.45) is 4.99 Å². The number of rotatable bonds is 5. The Bertz CT molecular complexity index is 714. The molecule has 5 heteroatoms. The quantitative estimate of drug-likeness (QED) is 0.631. The highest BCUT2D eigenvalue weighted by molar-refractivity contribution is 5.80. The number of hydrogen-bond acceptors (Lipinski definition) is 3. The number of hydrogen-bond donors (Lipinski definition) is 2. The molecule has 0 aliphatic carbocycles. The first-order valence-corrected chi connectivity index (χ1v) is 8.59. The van der Waals surface area contributed by atoms with Crippen LogP contribution in [0.4, 0.5) is 0 Å². The number of ether oxygens (including phenoxy) is 1. The molecule has 136 valence electrons. The fourth-order valence-corrected chi connectivity index (χ4v) is 2.42. The summed E-state index contributed by atoms with van der Waals surface area (Å²) >= 11 is 0. The minimum absolute atomic E-state index is 0.0287. The maximum absolute atomic E-state index is 6.04. The average molecular weight is 343 g/mol. The number of nitrogens with one attached hydrogen (secondary N) is 2. The van der Waals surface area contributed by atoms with Crippen molar-refractivity contribution >= 4 is 5.96 Å². The molecule has 2 aromatic rings. The van der Waals surface area contributed by atoms with Crippen molar-refractivity contribution in [3.63, 3.8) is 0 Å². The Balaban J connectivity index is 1.99. The molecular weight excluding hydrogens is 314 g/mol. The standard InChI is InChI=1S/C20H29N3O2/c1-14-11-12-17(24-14)15(2)23-19(21-6)22-13-16-9-7-8-10-18(16)25-20(3,4)5/h7-12,15H,13H2,1-6H3,(H2,21,22,23). The van der Waals surface area contributed by atoms with Gasteiger partial charge in [-0.3, -0.25) is 4.99 Å². The Morgan fingerprint density at radius 1 is 1.20 bits per heavy atom. The number of furan rings is 1. The van der Waals surface area contributed by atoms with Crippen molar-refractivity contribution in [3.05, 3.63) is 53.5 Å². The van der Waals surface area contributed by atoms with E-state index < -0.39 is 0 Å². The summed E-state index contributed by atoms with van der Waals surface area (Å²) in [5.74, 6) is 3.39.